The molecule has 13 nitrogen and oxygen atoms in total. The number of carbonyl (C=O) groups is 1. The molecule has 0 radical (unpaired) electrons. The fourth-order valence-electron chi connectivity index (χ4n) is 3.26. The number of nitrogens with one attached hydrogen (secondary N) is 1. The smallest absolute Gasteiger partial charge is 0.437 e. The van der Waals surface area contributed by atoms with Crippen molar-refractivity contribution in [2.45, 2.75) is 11.7 Å². The fraction of sp³-hybridized carbons (Fsp3) is 0.190. The third-order valence-electron chi connectivity index (χ3n) is 4.85. The van der Waals surface area contributed by atoms with Crippen LogP contribution in [0.3, 0.4) is 0 Å². The van der Waals surface area contributed by atoms with E-state index in [9.17, 15) is 19.7 Å². The molecule has 2 aromatic heterocycles. The number of methoxy groups -OCH3 is 2. The monoisotopic (exact) mass is 498 g/mol. The Balaban J connectivity index is 1.65. The normalized spacial score (nSPS) is 10.8. The molecular weight excluding hydrogens is 480 g/mol. The van der Waals surface area contributed by atoms with Crippen LogP contribution in [0.4, 0.5) is 11.5 Å². The van der Waals surface area contributed by atoms with Crippen LogP contribution in [0.2, 0.25) is 0 Å². The van der Waals surface area contributed by atoms with Crippen molar-refractivity contribution in [1.29, 1.82) is 0 Å². The van der Waals surface area contributed by atoms with Gasteiger partial charge in [-0.3, -0.25) is 14.9 Å². The number of rotatable bonds is 8. The molecule has 0 saturated heterocycles. The van der Waals surface area contributed by atoms with Crippen molar-refractivity contribution in [3.05, 3.63) is 57.1 Å². The highest BCUT2D eigenvalue weighted by molar-refractivity contribution is 7.98. The molecule has 0 bridgehead atoms. The Morgan fingerprint density at radius 3 is 2.60 bits per heavy atom. The number of nitrogens with zero attached hydrogens (tertiary/aromatic N) is 5. The van der Waals surface area contributed by atoms with Gasteiger partial charge in [-0.1, -0.05) is 23.9 Å². The first-order chi connectivity index (χ1) is 16.8. The summed E-state index contributed by atoms with van der Waals surface area (Å²) in [5.41, 5.74) is 0.108. The lowest BCUT2D eigenvalue weighted by molar-refractivity contribution is -0.384. The van der Waals surface area contributed by atoms with Gasteiger partial charge in [0.2, 0.25) is 5.91 Å². The molecule has 35 heavy (non-hydrogen) atoms. The number of hydrogen-bond donors (Lipinski definition) is 1. The van der Waals surface area contributed by atoms with E-state index in [-0.39, 0.29) is 28.8 Å². The number of thioether (sulfide) groups is 1. The molecule has 0 saturated carbocycles. The predicted octanol–water partition coefficient (Wildman–Crippen LogP) is 2.73. The molecule has 0 atom stereocenters. The van der Waals surface area contributed by atoms with E-state index < -0.39 is 28.8 Å². The van der Waals surface area contributed by atoms with Crippen LogP contribution in [-0.2, 0) is 11.3 Å². The molecule has 2 aromatic carbocycles. The van der Waals surface area contributed by atoms with Crippen molar-refractivity contribution in [3.8, 4) is 23.0 Å². The highest BCUT2D eigenvalue weighted by Crippen LogP contribution is 2.38. The topological polar surface area (TPSA) is 165 Å². The van der Waals surface area contributed by atoms with Crippen LogP contribution < -0.4 is 20.5 Å². The van der Waals surface area contributed by atoms with Crippen molar-refractivity contribution < 1.29 is 23.6 Å². The number of benzene rings is 2. The van der Waals surface area contributed by atoms with E-state index in [1.54, 1.807) is 24.5 Å². The van der Waals surface area contributed by atoms with E-state index in [0.29, 0.717) is 16.1 Å². The van der Waals surface area contributed by atoms with Crippen LogP contribution in [0.25, 0.3) is 22.4 Å². The molecule has 180 valence electrons. The number of ether oxygens (including phenoxy) is 2. The first-order valence-corrected chi connectivity index (χ1v) is 11.2. The largest absolute Gasteiger partial charge is 0.493 e. The molecule has 4 aromatic rings. The molecule has 0 spiro atoms. The van der Waals surface area contributed by atoms with Crippen molar-refractivity contribution in [2.75, 3.05) is 25.8 Å². The second kappa shape index (κ2) is 9.80. The van der Waals surface area contributed by atoms with Gasteiger partial charge < -0.3 is 19.2 Å². The molecule has 0 aliphatic heterocycles. The number of para-hydroxylation sites is 1. The minimum atomic E-state index is -0.975. The summed E-state index contributed by atoms with van der Waals surface area (Å²) >= 11 is 1.31. The lowest BCUT2D eigenvalue weighted by Gasteiger charge is -2.09. The summed E-state index contributed by atoms with van der Waals surface area (Å²) in [6, 6.07) is 9.54. The van der Waals surface area contributed by atoms with Crippen molar-refractivity contribution in [1.82, 2.24) is 19.7 Å². The lowest BCUT2D eigenvalue weighted by Crippen LogP contribution is -2.26. The van der Waals surface area contributed by atoms with E-state index >= 15 is 0 Å². The van der Waals surface area contributed by atoms with Gasteiger partial charge in [0.05, 0.1) is 30.7 Å². The standard InChI is InChI=1S/C21H18N6O7S/c1-32-15-8-12(14(27(30)31)9-16(15)33-2)19-25-26(21(29)34-19)10-17(28)23-18-11-6-4-5-7-13(11)22-20(24-18)35-3/h4-9H,10H2,1-3H3,(H,22,23,24,28). The summed E-state index contributed by atoms with van der Waals surface area (Å²) in [5, 5.41) is 19.3. The Morgan fingerprint density at radius 2 is 1.91 bits per heavy atom. The van der Waals surface area contributed by atoms with E-state index in [0.717, 1.165) is 10.7 Å². The third kappa shape index (κ3) is 4.77. The van der Waals surface area contributed by atoms with E-state index in [2.05, 4.69) is 20.4 Å². The van der Waals surface area contributed by atoms with Gasteiger partial charge >= 0.3 is 5.76 Å². The molecule has 4 rings (SSSR count). The van der Waals surface area contributed by atoms with Gasteiger partial charge in [0, 0.05) is 11.5 Å². The molecule has 2 heterocycles. The molecule has 0 unspecified atom stereocenters. The van der Waals surface area contributed by atoms with Gasteiger partial charge in [-0.2, -0.15) is 4.68 Å². The SMILES string of the molecule is COc1cc(-c2nn(CC(=O)Nc3nc(SC)nc4ccccc34)c(=O)o2)c([N+](=O)[O-])cc1OC. The Hall–Kier alpha value is -4.46. The van der Waals surface area contributed by atoms with Crippen molar-refractivity contribution in [3.63, 3.8) is 0 Å². The first-order valence-electron chi connectivity index (χ1n) is 9.94. The van der Waals surface area contributed by atoms with Crippen LogP contribution in [0.15, 0.2) is 50.8 Å². The quantitative estimate of drug-likeness (QED) is 0.164. The molecule has 0 aliphatic rings. The third-order valence-corrected chi connectivity index (χ3v) is 5.40. The molecule has 0 aliphatic carbocycles. The van der Waals surface area contributed by atoms with E-state index in [4.69, 9.17) is 13.9 Å². The molecule has 1 amide bonds. The van der Waals surface area contributed by atoms with Crippen molar-refractivity contribution >= 4 is 40.1 Å². The fourth-order valence-corrected chi connectivity index (χ4v) is 3.63. The Kier molecular flexibility index (Phi) is 6.64. The Labute approximate surface area is 201 Å². The number of hydrogen-bond acceptors (Lipinski definition) is 11. The van der Waals surface area contributed by atoms with Gasteiger partial charge in [0.25, 0.3) is 11.6 Å². The zero-order valence-electron chi connectivity index (χ0n) is 18.7. The molecule has 14 heteroatoms. The van der Waals surface area contributed by atoms with Crippen molar-refractivity contribution in [2.24, 2.45) is 0 Å². The number of aromatic nitrogens is 4. The number of anilines is 1. The first kappa shape index (κ1) is 23.7. The number of amides is 1. The summed E-state index contributed by atoms with van der Waals surface area (Å²) in [6.45, 7) is -0.518. The van der Waals surface area contributed by atoms with E-state index in [1.807, 2.05) is 6.07 Å². The van der Waals surface area contributed by atoms with Crippen LogP contribution in [0.5, 0.6) is 11.5 Å². The average Bonchev–Trinajstić information content (AvgIpc) is 3.22. The summed E-state index contributed by atoms with van der Waals surface area (Å²) < 4.78 is 16.1. The molecular formula is C21H18N6O7S. The van der Waals surface area contributed by atoms with Crippen LogP contribution in [-0.4, -0.2) is 51.1 Å². The lowest BCUT2D eigenvalue weighted by atomic mass is 10.1. The second-order valence-electron chi connectivity index (χ2n) is 6.94. The Bertz CT molecular complexity index is 1500. The number of carbonyl (C=O) groups excluding carboxylic acids is 1. The average molecular weight is 498 g/mol. The van der Waals surface area contributed by atoms with Gasteiger partial charge in [0.1, 0.15) is 17.9 Å². The number of fused-ring (bicyclic) bond motifs is 1. The summed E-state index contributed by atoms with van der Waals surface area (Å²) in [7, 11) is 2.68. The molecule has 0 fully saturated rings. The highest BCUT2D eigenvalue weighted by atomic mass is 32.2. The predicted molar refractivity (Wildman–Crippen MR) is 126 cm³/mol. The van der Waals surface area contributed by atoms with Gasteiger partial charge in [-0.15, -0.1) is 5.10 Å². The van der Waals surface area contributed by atoms with E-state index in [1.165, 1.54) is 32.0 Å². The summed E-state index contributed by atoms with van der Waals surface area (Å²) in [5.74, 6) is -1.37. The van der Waals surface area contributed by atoms with Gasteiger partial charge in [-0.25, -0.2) is 14.8 Å². The maximum absolute atomic E-state index is 12.7. The van der Waals surface area contributed by atoms with Crippen LogP contribution in [0.1, 0.15) is 0 Å². The van der Waals surface area contributed by atoms with Gasteiger partial charge in [-0.05, 0) is 18.4 Å². The second-order valence-corrected chi connectivity index (χ2v) is 7.71. The summed E-state index contributed by atoms with van der Waals surface area (Å²) in [6.07, 6.45) is 1.81. The maximum Gasteiger partial charge on any atom is 0.437 e. The zero-order valence-corrected chi connectivity index (χ0v) is 19.5. The Morgan fingerprint density at radius 1 is 1.20 bits per heavy atom. The number of nitro benzene ring substituents is 1. The molecule has 1 N–H and O–H groups in total. The van der Waals surface area contributed by atoms with Gasteiger partial charge in [0.15, 0.2) is 16.7 Å². The minimum absolute atomic E-state index is 0.115. The van der Waals surface area contributed by atoms with Crippen LogP contribution in [0, 0.1) is 10.1 Å². The summed E-state index contributed by atoms with van der Waals surface area (Å²) in [4.78, 5) is 44.7. The van der Waals surface area contributed by atoms with Crippen LogP contribution >= 0.6 is 11.8 Å². The zero-order chi connectivity index (χ0) is 25.1. The number of nitro groups is 1. The maximum atomic E-state index is 12.7. The minimum Gasteiger partial charge on any atom is -0.493 e. The highest BCUT2D eigenvalue weighted by Gasteiger charge is 2.26.